The topological polar surface area (TPSA) is 15.3 Å². The highest BCUT2D eigenvalue weighted by Gasteiger charge is 2.34. The number of benzene rings is 1. The van der Waals surface area contributed by atoms with Gasteiger partial charge in [0.1, 0.15) is 11.6 Å². The van der Waals surface area contributed by atoms with E-state index in [1.807, 2.05) is 0 Å². The van der Waals surface area contributed by atoms with E-state index in [-0.39, 0.29) is 0 Å². The van der Waals surface area contributed by atoms with Crippen LogP contribution in [0.25, 0.3) is 0 Å². The van der Waals surface area contributed by atoms with Crippen molar-refractivity contribution in [3.63, 3.8) is 0 Å². The number of nitrogens with zero attached hydrogens (tertiary/aromatic N) is 1. The Kier molecular flexibility index (Phi) is 2.74. The third-order valence-corrected chi connectivity index (χ3v) is 3.52. The van der Waals surface area contributed by atoms with Gasteiger partial charge in [-0.15, -0.1) is 0 Å². The quantitative estimate of drug-likeness (QED) is 0.870. The van der Waals surface area contributed by atoms with E-state index < -0.39 is 11.6 Å². The first-order valence-electron chi connectivity index (χ1n) is 6.17. The van der Waals surface area contributed by atoms with E-state index in [4.69, 9.17) is 0 Å². The summed E-state index contributed by atoms with van der Waals surface area (Å²) in [5.74, 6) is -1.05. The molecule has 2 nitrogen and oxygen atoms in total. The van der Waals surface area contributed by atoms with Crippen molar-refractivity contribution in [2.75, 3.05) is 18.4 Å². The Bertz CT molecular complexity index is 398. The first kappa shape index (κ1) is 11.0. The molecule has 2 fully saturated rings. The van der Waals surface area contributed by atoms with Crippen molar-refractivity contribution in [3.05, 3.63) is 29.8 Å². The fourth-order valence-electron chi connectivity index (χ4n) is 2.55. The molecule has 1 aromatic carbocycles. The van der Waals surface area contributed by atoms with E-state index in [0.29, 0.717) is 11.7 Å². The van der Waals surface area contributed by atoms with Crippen LogP contribution in [0.4, 0.5) is 14.5 Å². The van der Waals surface area contributed by atoms with Gasteiger partial charge in [0, 0.05) is 36.9 Å². The maximum Gasteiger partial charge on any atom is 0.128 e. The van der Waals surface area contributed by atoms with Crippen LogP contribution in [-0.2, 0) is 0 Å². The monoisotopic (exact) mass is 238 g/mol. The van der Waals surface area contributed by atoms with Crippen molar-refractivity contribution in [2.45, 2.75) is 31.3 Å². The van der Waals surface area contributed by atoms with E-state index in [1.54, 1.807) is 0 Å². The van der Waals surface area contributed by atoms with Crippen molar-refractivity contribution in [2.24, 2.45) is 0 Å². The summed E-state index contributed by atoms with van der Waals surface area (Å²) in [5.41, 5.74) is 0.546. The fraction of sp³-hybridized carbons (Fsp3) is 0.538. The molecule has 0 radical (unpaired) electrons. The van der Waals surface area contributed by atoms with Crippen LogP contribution < -0.4 is 5.32 Å². The number of anilines is 1. The van der Waals surface area contributed by atoms with Crippen LogP contribution in [0.2, 0.25) is 0 Å². The summed E-state index contributed by atoms with van der Waals surface area (Å²) in [6.45, 7) is 2.09. The fourth-order valence-corrected chi connectivity index (χ4v) is 2.55. The molecule has 1 aromatic rings. The molecule has 17 heavy (non-hydrogen) atoms. The van der Waals surface area contributed by atoms with Gasteiger partial charge in [0.05, 0.1) is 0 Å². The Balaban J connectivity index is 1.62. The average Bonchev–Trinajstić information content (AvgIpc) is 2.99. The molecule has 0 bridgehead atoms. The molecule has 4 heteroatoms. The van der Waals surface area contributed by atoms with Crippen molar-refractivity contribution in [1.29, 1.82) is 0 Å². The van der Waals surface area contributed by atoms with Crippen LogP contribution in [0.15, 0.2) is 18.2 Å². The van der Waals surface area contributed by atoms with Crippen molar-refractivity contribution < 1.29 is 8.78 Å². The van der Waals surface area contributed by atoms with Crippen molar-refractivity contribution in [1.82, 2.24) is 4.90 Å². The lowest BCUT2D eigenvalue weighted by molar-refractivity contribution is 0.326. The Morgan fingerprint density at radius 2 is 1.76 bits per heavy atom. The molecular formula is C13H16F2N2. The van der Waals surface area contributed by atoms with Crippen molar-refractivity contribution >= 4 is 5.69 Å². The minimum absolute atomic E-state index is 0.316. The third-order valence-electron chi connectivity index (χ3n) is 3.52. The van der Waals surface area contributed by atoms with E-state index in [0.717, 1.165) is 31.6 Å². The standard InChI is InChI=1S/C13H16F2N2/c14-9-5-10(15)7-12(6-9)16-11-3-4-17(8-11)13-1-2-13/h5-7,11,13,16H,1-4,8H2. The van der Waals surface area contributed by atoms with Gasteiger partial charge >= 0.3 is 0 Å². The van der Waals surface area contributed by atoms with Gasteiger partial charge in [-0.25, -0.2) is 8.78 Å². The highest BCUT2D eigenvalue weighted by Crippen LogP contribution is 2.30. The lowest BCUT2D eigenvalue weighted by Gasteiger charge is -2.16. The Morgan fingerprint density at radius 1 is 1.06 bits per heavy atom. The second-order valence-corrected chi connectivity index (χ2v) is 5.01. The molecule has 1 N–H and O–H groups in total. The predicted molar refractivity (Wildman–Crippen MR) is 63.0 cm³/mol. The van der Waals surface area contributed by atoms with Gasteiger partial charge in [-0.3, -0.25) is 4.90 Å². The molecule has 1 aliphatic carbocycles. The van der Waals surface area contributed by atoms with Crippen LogP contribution in [0.1, 0.15) is 19.3 Å². The van der Waals surface area contributed by atoms with Gasteiger partial charge in [-0.2, -0.15) is 0 Å². The molecule has 3 rings (SSSR count). The largest absolute Gasteiger partial charge is 0.381 e. The van der Waals surface area contributed by atoms with Gasteiger partial charge in [0.15, 0.2) is 0 Å². The van der Waals surface area contributed by atoms with Crippen LogP contribution in [-0.4, -0.2) is 30.1 Å². The lowest BCUT2D eigenvalue weighted by Crippen LogP contribution is -2.27. The SMILES string of the molecule is Fc1cc(F)cc(NC2CCN(C3CC3)C2)c1. The molecule has 2 aliphatic rings. The number of halogens is 2. The second-order valence-electron chi connectivity index (χ2n) is 5.01. The average molecular weight is 238 g/mol. The molecule has 0 amide bonds. The first-order valence-corrected chi connectivity index (χ1v) is 6.17. The summed E-state index contributed by atoms with van der Waals surface area (Å²) in [4.78, 5) is 2.47. The third kappa shape index (κ3) is 2.57. The summed E-state index contributed by atoms with van der Waals surface area (Å²) in [6.07, 6.45) is 3.66. The number of hydrogen-bond acceptors (Lipinski definition) is 2. The zero-order chi connectivity index (χ0) is 11.8. The van der Waals surface area contributed by atoms with E-state index >= 15 is 0 Å². The van der Waals surface area contributed by atoms with Crippen LogP contribution in [0.5, 0.6) is 0 Å². The lowest BCUT2D eigenvalue weighted by atomic mass is 10.2. The number of nitrogens with one attached hydrogen (secondary N) is 1. The molecule has 1 aliphatic heterocycles. The second kappa shape index (κ2) is 4.26. The Hall–Kier alpha value is -1.16. The smallest absolute Gasteiger partial charge is 0.128 e. The molecule has 1 saturated carbocycles. The molecule has 0 aromatic heterocycles. The van der Waals surface area contributed by atoms with Gasteiger partial charge in [-0.1, -0.05) is 0 Å². The highest BCUT2D eigenvalue weighted by molar-refractivity contribution is 5.44. The predicted octanol–water partition coefficient (Wildman–Crippen LogP) is 2.61. The van der Waals surface area contributed by atoms with E-state index in [9.17, 15) is 8.78 Å². The summed E-state index contributed by atoms with van der Waals surface area (Å²) in [6, 6.07) is 4.69. The van der Waals surface area contributed by atoms with Crippen LogP contribution in [0, 0.1) is 11.6 Å². The van der Waals surface area contributed by atoms with Gasteiger partial charge in [-0.05, 0) is 31.4 Å². The van der Waals surface area contributed by atoms with Gasteiger partial charge < -0.3 is 5.32 Å². The molecule has 1 saturated heterocycles. The van der Waals surface area contributed by atoms with Gasteiger partial charge in [0.25, 0.3) is 0 Å². The number of likely N-dealkylation sites (tertiary alicyclic amines) is 1. The summed E-state index contributed by atoms with van der Waals surface area (Å²) in [5, 5.41) is 3.21. The maximum absolute atomic E-state index is 13.0. The first-order chi connectivity index (χ1) is 8.20. The van der Waals surface area contributed by atoms with E-state index in [1.165, 1.54) is 25.0 Å². The zero-order valence-electron chi connectivity index (χ0n) is 9.63. The van der Waals surface area contributed by atoms with Crippen LogP contribution in [0.3, 0.4) is 0 Å². The molecule has 1 atom stereocenters. The molecule has 1 unspecified atom stereocenters. The minimum atomic E-state index is -0.524. The normalized spacial score (nSPS) is 25.2. The molecule has 0 spiro atoms. The van der Waals surface area contributed by atoms with Gasteiger partial charge in [0.2, 0.25) is 0 Å². The summed E-state index contributed by atoms with van der Waals surface area (Å²) in [7, 11) is 0. The highest BCUT2D eigenvalue weighted by atomic mass is 19.1. The Labute approximate surface area is 99.6 Å². The molecular weight excluding hydrogens is 222 g/mol. The Morgan fingerprint density at radius 3 is 2.41 bits per heavy atom. The summed E-state index contributed by atoms with van der Waals surface area (Å²) < 4.78 is 26.1. The van der Waals surface area contributed by atoms with Crippen molar-refractivity contribution in [3.8, 4) is 0 Å². The molecule has 92 valence electrons. The number of hydrogen-bond donors (Lipinski definition) is 1. The number of rotatable bonds is 3. The minimum Gasteiger partial charge on any atom is -0.381 e. The molecule has 1 heterocycles. The summed E-state index contributed by atoms with van der Waals surface area (Å²) >= 11 is 0. The van der Waals surface area contributed by atoms with Crippen LogP contribution >= 0.6 is 0 Å². The maximum atomic E-state index is 13.0. The zero-order valence-corrected chi connectivity index (χ0v) is 9.63. The van der Waals surface area contributed by atoms with E-state index in [2.05, 4.69) is 10.2 Å².